The second kappa shape index (κ2) is 7.44. The predicted molar refractivity (Wildman–Crippen MR) is 101 cm³/mol. The smallest absolute Gasteiger partial charge is 0.313 e. The summed E-state index contributed by atoms with van der Waals surface area (Å²) in [5.41, 5.74) is 2.55. The van der Waals surface area contributed by atoms with Crippen molar-refractivity contribution >= 4 is 17.6 Å². The summed E-state index contributed by atoms with van der Waals surface area (Å²) in [6.45, 7) is 7.91. The van der Waals surface area contributed by atoms with Gasteiger partial charge in [0.25, 0.3) is 0 Å². The summed E-state index contributed by atoms with van der Waals surface area (Å²) in [4.78, 5) is 26.7. The number of esters is 1. The number of allylic oxidation sites excluding steroid dienone is 1. The third-order valence-corrected chi connectivity index (χ3v) is 5.93. The minimum atomic E-state index is -0.446. The molecule has 3 aliphatic rings. The summed E-state index contributed by atoms with van der Waals surface area (Å²) < 4.78 is 10.6. The number of hydrogen-bond acceptors (Lipinski definition) is 5. The van der Waals surface area contributed by atoms with Crippen molar-refractivity contribution in [1.82, 2.24) is 4.90 Å². The molecule has 0 bridgehead atoms. The first kappa shape index (κ1) is 18.2. The van der Waals surface area contributed by atoms with Crippen LogP contribution in [0, 0.1) is 11.3 Å². The number of hydrogen-bond donors (Lipinski definition) is 1. The van der Waals surface area contributed by atoms with Crippen LogP contribution in [0.25, 0.3) is 0 Å². The van der Waals surface area contributed by atoms with E-state index in [1.807, 2.05) is 24.3 Å². The van der Waals surface area contributed by atoms with Crippen LogP contribution in [-0.2, 0) is 25.5 Å². The molecule has 0 aromatic heterocycles. The van der Waals surface area contributed by atoms with Crippen molar-refractivity contribution in [3.8, 4) is 0 Å². The van der Waals surface area contributed by atoms with Crippen LogP contribution in [0.2, 0.25) is 0 Å². The van der Waals surface area contributed by atoms with Crippen LogP contribution in [0.1, 0.15) is 18.4 Å². The SMILES string of the molecule is C=C1CC2COC(=O)C2(Cc2ccc(NC(=O)CN3CCOCC3)cc2)C1. The molecule has 2 heterocycles. The first-order valence-electron chi connectivity index (χ1n) is 9.58. The molecule has 1 amide bonds. The number of nitrogens with one attached hydrogen (secondary N) is 1. The fourth-order valence-corrected chi connectivity index (χ4v) is 4.50. The van der Waals surface area contributed by atoms with Gasteiger partial charge in [-0.1, -0.05) is 24.3 Å². The summed E-state index contributed by atoms with van der Waals surface area (Å²) in [7, 11) is 0. The normalized spacial score (nSPS) is 28.1. The number of fused-ring (bicyclic) bond motifs is 1. The van der Waals surface area contributed by atoms with Crippen LogP contribution < -0.4 is 5.32 Å². The largest absolute Gasteiger partial charge is 0.465 e. The van der Waals surface area contributed by atoms with Gasteiger partial charge in [0.2, 0.25) is 5.91 Å². The second-order valence-corrected chi connectivity index (χ2v) is 7.89. The number of carbonyl (C=O) groups is 2. The Balaban J connectivity index is 1.37. The molecule has 6 heteroatoms. The first-order chi connectivity index (χ1) is 13.0. The Morgan fingerprint density at radius 2 is 2.00 bits per heavy atom. The molecule has 1 aromatic rings. The fraction of sp³-hybridized carbons (Fsp3) is 0.524. The fourth-order valence-electron chi connectivity index (χ4n) is 4.50. The van der Waals surface area contributed by atoms with E-state index in [0.29, 0.717) is 39.2 Å². The van der Waals surface area contributed by atoms with Crippen molar-refractivity contribution in [2.75, 3.05) is 44.8 Å². The topological polar surface area (TPSA) is 67.9 Å². The molecule has 2 aliphatic heterocycles. The molecule has 2 atom stereocenters. The standard InChI is InChI=1S/C21H26N2O4/c1-15-10-17-14-27-20(25)21(17,11-15)12-16-2-4-18(5-3-16)22-19(24)13-23-6-8-26-9-7-23/h2-5,17H,1,6-14H2,(H,22,24). The summed E-state index contributed by atoms with van der Waals surface area (Å²) in [6.07, 6.45) is 2.26. The maximum atomic E-state index is 12.4. The lowest BCUT2D eigenvalue weighted by molar-refractivity contribution is -0.146. The molecule has 2 saturated heterocycles. The second-order valence-electron chi connectivity index (χ2n) is 7.89. The molecule has 0 radical (unpaired) electrons. The van der Waals surface area contributed by atoms with Crippen molar-refractivity contribution in [3.05, 3.63) is 42.0 Å². The van der Waals surface area contributed by atoms with Gasteiger partial charge in [0.1, 0.15) is 0 Å². The van der Waals surface area contributed by atoms with Gasteiger partial charge in [-0.25, -0.2) is 0 Å². The van der Waals surface area contributed by atoms with E-state index in [1.165, 1.54) is 0 Å². The van der Waals surface area contributed by atoms with E-state index in [9.17, 15) is 9.59 Å². The zero-order chi connectivity index (χ0) is 18.9. The van der Waals surface area contributed by atoms with Gasteiger partial charge in [0, 0.05) is 24.7 Å². The van der Waals surface area contributed by atoms with Crippen LogP contribution in [0.4, 0.5) is 5.69 Å². The average molecular weight is 370 g/mol. The van der Waals surface area contributed by atoms with Crippen LogP contribution in [0.15, 0.2) is 36.4 Å². The maximum Gasteiger partial charge on any atom is 0.313 e. The highest BCUT2D eigenvalue weighted by molar-refractivity contribution is 5.92. The summed E-state index contributed by atoms with van der Waals surface area (Å²) in [6, 6.07) is 7.79. The number of nitrogens with zero attached hydrogens (tertiary/aromatic N) is 1. The highest BCUT2D eigenvalue weighted by Gasteiger charge is 2.55. The van der Waals surface area contributed by atoms with E-state index in [2.05, 4.69) is 16.8 Å². The van der Waals surface area contributed by atoms with Gasteiger partial charge < -0.3 is 14.8 Å². The molecule has 0 spiro atoms. The molecule has 1 aliphatic carbocycles. The number of benzene rings is 1. The number of rotatable bonds is 5. The van der Waals surface area contributed by atoms with Gasteiger partial charge in [0.05, 0.1) is 31.8 Å². The molecule has 27 heavy (non-hydrogen) atoms. The molecule has 1 saturated carbocycles. The third kappa shape index (κ3) is 3.77. The zero-order valence-corrected chi connectivity index (χ0v) is 15.5. The number of carbonyl (C=O) groups excluding carboxylic acids is 2. The van der Waals surface area contributed by atoms with E-state index < -0.39 is 5.41 Å². The lowest BCUT2D eigenvalue weighted by atomic mass is 9.75. The first-order valence-corrected chi connectivity index (χ1v) is 9.58. The molecule has 1 aromatic carbocycles. The van der Waals surface area contributed by atoms with Gasteiger partial charge in [-0.2, -0.15) is 0 Å². The van der Waals surface area contributed by atoms with E-state index in [0.717, 1.165) is 36.3 Å². The van der Waals surface area contributed by atoms with Crippen molar-refractivity contribution < 1.29 is 19.1 Å². The van der Waals surface area contributed by atoms with Gasteiger partial charge in [-0.05, 0) is 37.0 Å². The zero-order valence-electron chi connectivity index (χ0n) is 15.5. The van der Waals surface area contributed by atoms with Gasteiger partial charge in [0.15, 0.2) is 0 Å². The number of ether oxygens (including phenoxy) is 2. The van der Waals surface area contributed by atoms with Crippen LogP contribution in [0.3, 0.4) is 0 Å². The van der Waals surface area contributed by atoms with Crippen LogP contribution >= 0.6 is 0 Å². The minimum Gasteiger partial charge on any atom is -0.465 e. The average Bonchev–Trinajstić information content (AvgIpc) is 3.12. The molecule has 3 fully saturated rings. The van der Waals surface area contributed by atoms with Crippen LogP contribution in [-0.4, -0.2) is 56.2 Å². The monoisotopic (exact) mass is 370 g/mol. The van der Waals surface area contributed by atoms with Gasteiger partial charge in [-0.15, -0.1) is 0 Å². The van der Waals surface area contributed by atoms with Gasteiger partial charge in [-0.3, -0.25) is 14.5 Å². The number of morpholine rings is 1. The lowest BCUT2D eigenvalue weighted by Crippen LogP contribution is -2.41. The third-order valence-electron chi connectivity index (χ3n) is 5.93. The van der Waals surface area contributed by atoms with E-state index in [-0.39, 0.29) is 17.8 Å². The van der Waals surface area contributed by atoms with E-state index in [1.54, 1.807) is 0 Å². The maximum absolute atomic E-state index is 12.4. The Morgan fingerprint density at radius 1 is 1.26 bits per heavy atom. The quantitative estimate of drug-likeness (QED) is 0.634. The van der Waals surface area contributed by atoms with Crippen molar-refractivity contribution in [3.63, 3.8) is 0 Å². The number of amides is 1. The van der Waals surface area contributed by atoms with Crippen LogP contribution in [0.5, 0.6) is 0 Å². The highest BCUT2D eigenvalue weighted by atomic mass is 16.5. The Morgan fingerprint density at radius 3 is 2.74 bits per heavy atom. The number of anilines is 1. The molecule has 6 nitrogen and oxygen atoms in total. The Labute approximate surface area is 159 Å². The molecule has 1 N–H and O–H groups in total. The molecular weight excluding hydrogens is 344 g/mol. The Hall–Kier alpha value is -2.18. The van der Waals surface area contributed by atoms with Crippen molar-refractivity contribution in [2.24, 2.45) is 11.3 Å². The minimum absolute atomic E-state index is 0.0187. The molecule has 2 unspecified atom stereocenters. The van der Waals surface area contributed by atoms with Crippen molar-refractivity contribution in [1.29, 1.82) is 0 Å². The number of cyclic esters (lactones) is 1. The summed E-state index contributed by atoms with van der Waals surface area (Å²) in [5.74, 6) is 0.134. The molecular formula is C21H26N2O4. The van der Waals surface area contributed by atoms with Crippen molar-refractivity contribution in [2.45, 2.75) is 19.3 Å². The Kier molecular flexibility index (Phi) is 5.02. The predicted octanol–water partition coefficient (Wildman–Crippen LogP) is 2.01. The van der Waals surface area contributed by atoms with E-state index >= 15 is 0 Å². The Bertz CT molecular complexity index is 739. The highest BCUT2D eigenvalue weighted by Crippen LogP contribution is 2.52. The van der Waals surface area contributed by atoms with Gasteiger partial charge >= 0.3 is 5.97 Å². The summed E-state index contributed by atoms with van der Waals surface area (Å²) >= 11 is 0. The van der Waals surface area contributed by atoms with E-state index in [4.69, 9.17) is 9.47 Å². The molecule has 144 valence electrons. The molecule has 4 rings (SSSR count). The summed E-state index contributed by atoms with van der Waals surface area (Å²) in [5, 5.41) is 2.94. The lowest BCUT2D eigenvalue weighted by Gasteiger charge is -2.26.